The summed E-state index contributed by atoms with van der Waals surface area (Å²) in [6.07, 6.45) is 1.72. The van der Waals surface area contributed by atoms with Crippen LogP contribution in [0.15, 0.2) is 72.9 Å². The lowest BCUT2D eigenvalue weighted by Gasteiger charge is -2.10. The fraction of sp³-hybridized carbons (Fsp3) is 0.0500. The SMILES string of the molecule is OCc1ccc(-c2nc3cccnc3nc2-c2ccccc2)cc1. The average Bonchev–Trinajstić information content (AvgIpc) is 2.68. The van der Waals surface area contributed by atoms with Gasteiger partial charge in [0, 0.05) is 17.3 Å². The number of aliphatic hydroxyl groups is 1. The number of nitrogens with zero attached hydrogens (tertiary/aromatic N) is 3. The Morgan fingerprint density at radius 2 is 1.42 bits per heavy atom. The number of aromatic nitrogens is 3. The Balaban J connectivity index is 1.97. The first-order chi connectivity index (χ1) is 11.8. The van der Waals surface area contributed by atoms with Gasteiger partial charge >= 0.3 is 0 Å². The number of fused-ring (bicyclic) bond motifs is 1. The van der Waals surface area contributed by atoms with Crippen molar-refractivity contribution >= 4 is 11.2 Å². The van der Waals surface area contributed by atoms with Crippen LogP contribution in [-0.4, -0.2) is 20.1 Å². The van der Waals surface area contributed by atoms with Gasteiger partial charge in [0.25, 0.3) is 0 Å². The van der Waals surface area contributed by atoms with E-state index in [0.717, 1.165) is 33.6 Å². The van der Waals surface area contributed by atoms with E-state index in [1.54, 1.807) is 6.20 Å². The van der Waals surface area contributed by atoms with Gasteiger partial charge in [0.2, 0.25) is 0 Å². The van der Waals surface area contributed by atoms with Gasteiger partial charge in [0.1, 0.15) is 5.52 Å². The van der Waals surface area contributed by atoms with Crippen molar-refractivity contribution in [1.29, 1.82) is 0 Å². The molecule has 0 saturated carbocycles. The summed E-state index contributed by atoms with van der Waals surface area (Å²) in [7, 11) is 0. The third-order valence-corrected chi connectivity index (χ3v) is 3.90. The highest BCUT2D eigenvalue weighted by Gasteiger charge is 2.13. The van der Waals surface area contributed by atoms with Gasteiger partial charge < -0.3 is 5.11 Å². The fourth-order valence-corrected chi connectivity index (χ4v) is 2.66. The van der Waals surface area contributed by atoms with Crippen molar-refractivity contribution in [3.05, 3.63) is 78.5 Å². The third kappa shape index (κ3) is 2.64. The van der Waals surface area contributed by atoms with E-state index < -0.39 is 0 Å². The van der Waals surface area contributed by atoms with Crippen molar-refractivity contribution in [1.82, 2.24) is 15.0 Å². The van der Waals surface area contributed by atoms with E-state index in [4.69, 9.17) is 9.97 Å². The molecule has 0 aliphatic carbocycles. The van der Waals surface area contributed by atoms with Crippen LogP contribution in [0.25, 0.3) is 33.7 Å². The van der Waals surface area contributed by atoms with Gasteiger partial charge in [-0.15, -0.1) is 0 Å². The monoisotopic (exact) mass is 313 g/mol. The Morgan fingerprint density at radius 1 is 0.708 bits per heavy atom. The zero-order valence-electron chi connectivity index (χ0n) is 12.9. The molecular formula is C20H15N3O. The standard InChI is InChI=1S/C20H15N3O/c24-13-14-8-10-16(11-9-14)18-19(15-5-2-1-3-6-15)23-20-17(22-18)7-4-12-21-20/h1-12,24H,13H2. The molecule has 0 atom stereocenters. The normalized spacial score (nSPS) is 10.9. The van der Waals surface area contributed by atoms with Gasteiger partial charge in [0.15, 0.2) is 5.65 Å². The number of pyridine rings is 1. The molecule has 0 bridgehead atoms. The van der Waals surface area contributed by atoms with Gasteiger partial charge in [-0.05, 0) is 17.7 Å². The maximum atomic E-state index is 9.24. The van der Waals surface area contributed by atoms with E-state index in [2.05, 4.69) is 4.98 Å². The number of benzene rings is 2. The molecule has 2 aromatic carbocycles. The molecule has 0 fully saturated rings. The summed E-state index contributed by atoms with van der Waals surface area (Å²) in [6, 6.07) is 21.5. The van der Waals surface area contributed by atoms with Crippen LogP contribution in [0, 0.1) is 0 Å². The second-order valence-electron chi connectivity index (χ2n) is 5.49. The lowest BCUT2D eigenvalue weighted by atomic mass is 10.0. The molecule has 4 nitrogen and oxygen atoms in total. The second-order valence-corrected chi connectivity index (χ2v) is 5.49. The summed E-state index contributed by atoms with van der Waals surface area (Å²) in [6.45, 7) is 0.0269. The highest BCUT2D eigenvalue weighted by Crippen LogP contribution is 2.30. The predicted molar refractivity (Wildman–Crippen MR) is 94.1 cm³/mol. The molecule has 116 valence electrons. The first-order valence-electron chi connectivity index (χ1n) is 7.73. The third-order valence-electron chi connectivity index (χ3n) is 3.90. The summed E-state index contributed by atoms with van der Waals surface area (Å²) >= 11 is 0. The van der Waals surface area contributed by atoms with E-state index in [0.29, 0.717) is 5.65 Å². The molecule has 2 heterocycles. The lowest BCUT2D eigenvalue weighted by Crippen LogP contribution is -1.97. The van der Waals surface area contributed by atoms with Crippen molar-refractivity contribution in [3.8, 4) is 22.5 Å². The highest BCUT2D eigenvalue weighted by atomic mass is 16.3. The Bertz CT molecular complexity index is 983. The van der Waals surface area contributed by atoms with Crippen LogP contribution in [-0.2, 0) is 6.61 Å². The summed E-state index contributed by atoms with van der Waals surface area (Å²) < 4.78 is 0. The van der Waals surface area contributed by atoms with Crippen LogP contribution in [0.3, 0.4) is 0 Å². The summed E-state index contributed by atoms with van der Waals surface area (Å²) in [5.74, 6) is 0. The van der Waals surface area contributed by atoms with Crippen LogP contribution in [0.2, 0.25) is 0 Å². The van der Waals surface area contributed by atoms with Crippen molar-refractivity contribution in [2.24, 2.45) is 0 Å². The summed E-state index contributed by atoms with van der Waals surface area (Å²) in [4.78, 5) is 13.9. The number of hydrogen-bond acceptors (Lipinski definition) is 4. The number of hydrogen-bond donors (Lipinski definition) is 1. The Morgan fingerprint density at radius 3 is 2.17 bits per heavy atom. The predicted octanol–water partition coefficient (Wildman–Crippen LogP) is 3.85. The topological polar surface area (TPSA) is 58.9 Å². The lowest BCUT2D eigenvalue weighted by molar-refractivity contribution is 0.282. The molecule has 2 aromatic heterocycles. The van der Waals surface area contributed by atoms with Crippen LogP contribution in [0.4, 0.5) is 0 Å². The zero-order valence-corrected chi connectivity index (χ0v) is 12.9. The average molecular weight is 313 g/mol. The van der Waals surface area contributed by atoms with Crippen molar-refractivity contribution in [3.63, 3.8) is 0 Å². The maximum Gasteiger partial charge on any atom is 0.178 e. The molecule has 4 rings (SSSR count). The first kappa shape index (κ1) is 14.5. The van der Waals surface area contributed by atoms with Crippen LogP contribution in [0.5, 0.6) is 0 Å². The molecule has 0 saturated heterocycles. The van der Waals surface area contributed by atoms with Crippen LogP contribution < -0.4 is 0 Å². The second kappa shape index (κ2) is 6.18. The van der Waals surface area contributed by atoms with Gasteiger partial charge in [-0.25, -0.2) is 15.0 Å². The Kier molecular flexibility index (Phi) is 3.73. The summed E-state index contributed by atoms with van der Waals surface area (Å²) in [5.41, 5.74) is 5.84. The highest BCUT2D eigenvalue weighted by molar-refractivity contribution is 5.84. The van der Waals surface area contributed by atoms with Gasteiger partial charge in [-0.2, -0.15) is 0 Å². The molecule has 0 spiro atoms. The molecule has 4 heteroatoms. The molecule has 24 heavy (non-hydrogen) atoms. The molecule has 0 unspecified atom stereocenters. The van der Waals surface area contributed by atoms with E-state index >= 15 is 0 Å². The number of aliphatic hydroxyl groups excluding tert-OH is 1. The van der Waals surface area contributed by atoms with Gasteiger partial charge in [-0.1, -0.05) is 54.6 Å². The van der Waals surface area contributed by atoms with E-state index in [1.165, 1.54) is 0 Å². The minimum atomic E-state index is 0.0269. The van der Waals surface area contributed by atoms with Crippen molar-refractivity contribution in [2.45, 2.75) is 6.61 Å². The Labute approximate surface area is 139 Å². The molecular weight excluding hydrogens is 298 g/mol. The fourth-order valence-electron chi connectivity index (χ4n) is 2.66. The van der Waals surface area contributed by atoms with Crippen LogP contribution in [0.1, 0.15) is 5.56 Å². The minimum Gasteiger partial charge on any atom is -0.392 e. The van der Waals surface area contributed by atoms with Crippen LogP contribution >= 0.6 is 0 Å². The van der Waals surface area contributed by atoms with E-state index in [9.17, 15) is 5.11 Å². The maximum absolute atomic E-state index is 9.24. The van der Waals surface area contributed by atoms with Gasteiger partial charge in [0.05, 0.1) is 18.0 Å². The smallest absolute Gasteiger partial charge is 0.178 e. The molecule has 0 aliphatic rings. The zero-order chi connectivity index (χ0) is 16.4. The van der Waals surface area contributed by atoms with E-state index in [-0.39, 0.29) is 6.61 Å². The van der Waals surface area contributed by atoms with Gasteiger partial charge in [-0.3, -0.25) is 0 Å². The molecule has 0 radical (unpaired) electrons. The molecule has 4 aromatic rings. The molecule has 0 aliphatic heterocycles. The quantitative estimate of drug-likeness (QED) is 0.624. The van der Waals surface area contributed by atoms with Crippen molar-refractivity contribution < 1.29 is 5.11 Å². The van der Waals surface area contributed by atoms with Crippen molar-refractivity contribution in [2.75, 3.05) is 0 Å². The molecule has 0 amide bonds. The largest absolute Gasteiger partial charge is 0.392 e. The minimum absolute atomic E-state index is 0.0269. The molecule has 1 N–H and O–H groups in total. The number of rotatable bonds is 3. The van der Waals surface area contributed by atoms with E-state index in [1.807, 2.05) is 66.7 Å². The first-order valence-corrected chi connectivity index (χ1v) is 7.73. The Hall–Kier alpha value is -3.11. The summed E-state index contributed by atoms with van der Waals surface area (Å²) in [5, 5.41) is 9.24.